The molecule has 0 aliphatic heterocycles. The summed E-state index contributed by atoms with van der Waals surface area (Å²) in [7, 11) is 0. The monoisotopic (exact) mass is 266 g/mol. The third kappa shape index (κ3) is 9.24. The van der Waals surface area contributed by atoms with E-state index in [1.54, 1.807) is 0 Å². The first kappa shape index (κ1) is 16.5. The number of rotatable bonds is 10. The average Bonchev–Trinajstić information content (AvgIpc) is 2.16. The number of aliphatic hydroxyl groups excluding tert-OH is 2. The van der Waals surface area contributed by atoms with Gasteiger partial charge in [0, 0.05) is 0 Å². The minimum Gasteiger partial charge on any atom is -0.394 e. The van der Waals surface area contributed by atoms with E-state index in [1.807, 2.05) is 0 Å². The summed E-state index contributed by atoms with van der Waals surface area (Å²) in [4.78, 5) is 0. The lowest BCUT2D eigenvalue weighted by atomic mass is 10.6. The highest BCUT2D eigenvalue weighted by Crippen LogP contribution is 2.27. The molecule has 104 valence electrons. The van der Waals surface area contributed by atoms with Gasteiger partial charge in [-0.2, -0.15) is 17.6 Å². The molecule has 0 bridgehead atoms. The second-order valence-corrected chi connectivity index (χ2v) is 2.93. The van der Waals surface area contributed by atoms with Gasteiger partial charge in [-0.05, 0) is 0 Å². The molecule has 0 aliphatic carbocycles. The summed E-state index contributed by atoms with van der Waals surface area (Å²) in [5.74, 6) is 0. The molecule has 0 radical (unpaired) electrons. The second kappa shape index (κ2) is 7.77. The molecule has 0 heterocycles. The molecule has 0 atom stereocenters. The lowest BCUT2D eigenvalue weighted by molar-refractivity contribution is -0.393. The molecular formula is C8H14F4O5. The van der Waals surface area contributed by atoms with E-state index in [1.165, 1.54) is 0 Å². The molecule has 0 rings (SSSR count). The molecule has 5 nitrogen and oxygen atoms in total. The van der Waals surface area contributed by atoms with Gasteiger partial charge in [0.1, 0.15) is 13.2 Å². The SMILES string of the molecule is OCCOCC(F)(F)OC(F)(F)COCCO. The fraction of sp³-hybridized carbons (Fsp3) is 1.00. The van der Waals surface area contributed by atoms with E-state index in [9.17, 15) is 17.6 Å². The molecule has 17 heavy (non-hydrogen) atoms. The maximum atomic E-state index is 12.7. The highest BCUT2D eigenvalue weighted by atomic mass is 19.3. The molecular weight excluding hydrogens is 252 g/mol. The van der Waals surface area contributed by atoms with Crippen LogP contribution in [0.15, 0.2) is 0 Å². The molecule has 0 aliphatic rings. The van der Waals surface area contributed by atoms with Crippen LogP contribution in [0, 0.1) is 0 Å². The Balaban J connectivity index is 3.99. The van der Waals surface area contributed by atoms with Crippen LogP contribution in [0.3, 0.4) is 0 Å². The van der Waals surface area contributed by atoms with Crippen molar-refractivity contribution in [2.24, 2.45) is 0 Å². The van der Waals surface area contributed by atoms with Crippen molar-refractivity contribution in [3.8, 4) is 0 Å². The standard InChI is InChI=1S/C8H14F4O5/c9-7(10,5-15-3-1-13)17-8(11,12)6-16-4-2-14/h13-14H,1-6H2. The number of alkyl halides is 4. The first-order valence-corrected chi connectivity index (χ1v) is 4.66. The van der Waals surface area contributed by atoms with Crippen molar-refractivity contribution >= 4 is 0 Å². The number of ether oxygens (including phenoxy) is 3. The minimum absolute atomic E-state index is 0.411. The van der Waals surface area contributed by atoms with Gasteiger partial charge in [-0.3, -0.25) is 4.74 Å². The van der Waals surface area contributed by atoms with Crippen LogP contribution in [0.1, 0.15) is 0 Å². The number of hydrogen-bond donors (Lipinski definition) is 2. The first-order valence-electron chi connectivity index (χ1n) is 4.66. The number of aliphatic hydroxyl groups is 2. The van der Waals surface area contributed by atoms with Crippen LogP contribution in [0.5, 0.6) is 0 Å². The van der Waals surface area contributed by atoms with Crippen molar-refractivity contribution in [3.05, 3.63) is 0 Å². The molecule has 9 heteroatoms. The van der Waals surface area contributed by atoms with Gasteiger partial charge in [0.05, 0.1) is 26.4 Å². The van der Waals surface area contributed by atoms with Gasteiger partial charge >= 0.3 is 12.2 Å². The topological polar surface area (TPSA) is 68.2 Å². The third-order valence-corrected chi connectivity index (χ3v) is 1.31. The normalized spacial score (nSPS) is 13.1. The van der Waals surface area contributed by atoms with E-state index in [0.717, 1.165) is 0 Å². The van der Waals surface area contributed by atoms with Gasteiger partial charge in [-0.15, -0.1) is 0 Å². The highest BCUT2D eigenvalue weighted by molar-refractivity contribution is 4.58. The van der Waals surface area contributed by atoms with Gasteiger partial charge < -0.3 is 19.7 Å². The quantitative estimate of drug-likeness (QED) is 0.437. The Hall–Kier alpha value is -0.480. The molecule has 2 N–H and O–H groups in total. The Kier molecular flexibility index (Phi) is 7.55. The van der Waals surface area contributed by atoms with Crippen LogP contribution in [0.2, 0.25) is 0 Å². The van der Waals surface area contributed by atoms with Gasteiger partial charge in [0.2, 0.25) is 0 Å². The molecule has 0 saturated carbocycles. The average molecular weight is 266 g/mol. The number of halogens is 4. The van der Waals surface area contributed by atoms with Crippen molar-refractivity contribution in [2.75, 3.05) is 39.6 Å². The van der Waals surface area contributed by atoms with Crippen LogP contribution in [0.4, 0.5) is 17.6 Å². The Labute approximate surface area is 94.9 Å². The van der Waals surface area contributed by atoms with Crippen molar-refractivity contribution in [3.63, 3.8) is 0 Å². The van der Waals surface area contributed by atoms with Crippen molar-refractivity contribution in [2.45, 2.75) is 12.2 Å². The lowest BCUT2D eigenvalue weighted by Gasteiger charge is -2.23. The predicted molar refractivity (Wildman–Crippen MR) is 46.8 cm³/mol. The zero-order valence-corrected chi connectivity index (χ0v) is 8.87. The van der Waals surface area contributed by atoms with Crippen molar-refractivity contribution < 1.29 is 42.0 Å². The molecule has 0 amide bonds. The Morgan fingerprint density at radius 1 is 0.765 bits per heavy atom. The summed E-state index contributed by atoms with van der Waals surface area (Å²) in [6.07, 6.45) is -8.39. The van der Waals surface area contributed by atoms with Gasteiger partial charge in [0.25, 0.3) is 0 Å². The van der Waals surface area contributed by atoms with Crippen LogP contribution >= 0.6 is 0 Å². The van der Waals surface area contributed by atoms with E-state index in [-0.39, 0.29) is 0 Å². The largest absolute Gasteiger partial charge is 0.394 e. The lowest BCUT2D eigenvalue weighted by Crippen LogP contribution is -2.39. The van der Waals surface area contributed by atoms with E-state index in [2.05, 4.69) is 14.2 Å². The maximum absolute atomic E-state index is 12.7. The molecule has 0 aromatic heterocycles. The second-order valence-electron chi connectivity index (χ2n) is 2.93. The predicted octanol–water partition coefficient (Wildman–Crippen LogP) is 0.206. The van der Waals surface area contributed by atoms with Crippen molar-refractivity contribution in [1.29, 1.82) is 0 Å². The van der Waals surface area contributed by atoms with E-state index in [4.69, 9.17) is 10.2 Å². The fourth-order valence-corrected chi connectivity index (χ4v) is 0.788. The summed E-state index contributed by atoms with van der Waals surface area (Å²) < 4.78 is 62.6. The zero-order valence-electron chi connectivity index (χ0n) is 8.87. The van der Waals surface area contributed by atoms with Crippen LogP contribution in [-0.2, 0) is 14.2 Å². The summed E-state index contributed by atoms with van der Waals surface area (Å²) >= 11 is 0. The fourth-order valence-electron chi connectivity index (χ4n) is 0.788. The van der Waals surface area contributed by atoms with Gasteiger partial charge in [-0.1, -0.05) is 0 Å². The molecule has 0 unspecified atom stereocenters. The molecule has 0 aromatic rings. The van der Waals surface area contributed by atoms with Crippen LogP contribution in [-0.4, -0.2) is 62.1 Å². The van der Waals surface area contributed by atoms with Gasteiger partial charge in [0.15, 0.2) is 0 Å². The van der Waals surface area contributed by atoms with E-state index >= 15 is 0 Å². The number of hydrogen-bond acceptors (Lipinski definition) is 5. The summed E-state index contributed by atoms with van der Waals surface area (Å²) in [6.45, 7) is -4.64. The van der Waals surface area contributed by atoms with E-state index < -0.39 is 51.9 Å². The molecule has 0 saturated heterocycles. The van der Waals surface area contributed by atoms with Crippen LogP contribution in [0.25, 0.3) is 0 Å². The highest BCUT2D eigenvalue weighted by Gasteiger charge is 2.44. The minimum atomic E-state index is -4.19. The van der Waals surface area contributed by atoms with Gasteiger partial charge in [-0.25, -0.2) is 0 Å². The van der Waals surface area contributed by atoms with Crippen LogP contribution < -0.4 is 0 Å². The summed E-state index contributed by atoms with van der Waals surface area (Å²) in [5, 5.41) is 16.5. The van der Waals surface area contributed by atoms with E-state index in [0.29, 0.717) is 0 Å². The molecule has 0 spiro atoms. The van der Waals surface area contributed by atoms with Crippen molar-refractivity contribution in [1.82, 2.24) is 0 Å². The Morgan fingerprint density at radius 3 is 1.41 bits per heavy atom. The molecule has 0 aromatic carbocycles. The Bertz CT molecular complexity index is 182. The first-order chi connectivity index (χ1) is 7.83. The smallest absolute Gasteiger partial charge is 0.383 e. The summed E-state index contributed by atoms with van der Waals surface area (Å²) in [6, 6.07) is 0. The summed E-state index contributed by atoms with van der Waals surface area (Å²) in [5.41, 5.74) is 0. The maximum Gasteiger partial charge on any atom is 0.383 e. The zero-order chi connectivity index (χ0) is 13.4. The molecule has 0 fully saturated rings. The third-order valence-electron chi connectivity index (χ3n) is 1.31. The Morgan fingerprint density at radius 2 is 1.12 bits per heavy atom.